The zero-order valence-corrected chi connectivity index (χ0v) is 19.1. The summed E-state index contributed by atoms with van der Waals surface area (Å²) in [5.41, 5.74) is -4.21. The van der Waals surface area contributed by atoms with Crippen molar-refractivity contribution >= 4 is 11.6 Å². The molecule has 0 saturated carbocycles. The Morgan fingerprint density at radius 2 is 1.54 bits per heavy atom. The summed E-state index contributed by atoms with van der Waals surface area (Å²) in [5.74, 6) is -0.0848. The molecule has 1 fully saturated rings. The van der Waals surface area contributed by atoms with Gasteiger partial charge in [-0.15, -0.1) is 0 Å². The van der Waals surface area contributed by atoms with Crippen LogP contribution in [0.1, 0.15) is 41.2 Å². The van der Waals surface area contributed by atoms with Crippen LogP contribution in [0.25, 0.3) is 5.76 Å². The lowest BCUT2D eigenvalue weighted by Gasteiger charge is -2.22. The van der Waals surface area contributed by atoms with Crippen molar-refractivity contribution in [3.8, 4) is 0 Å². The summed E-state index contributed by atoms with van der Waals surface area (Å²) in [6, 6.07) is 1.79. The van der Waals surface area contributed by atoms with Crippen LogP contribution in [0.5, 0.6) is 0 Å². The Kier molecular flexibility index (Phi) is 6.99. The number of anilines is 1. The van der Waals surface area contributed by atoms with Gasteiger partial charge >= 0.3 is 18.5 Å². The van der Waals surface area contributed by atoms with Crippen molar-refractivity contribution in [2.75, 3.05) is 25.3 Å². The van der Waals surface area contributed by atoms with E-state index >= 15 is 0 Å². The fourth-order valence-electron chi connectivity index (χ4n) is 3.99. The van der Waals surface area contributed by atoms with Gasteiger partial charge in [-0.25, -0.2) is 4.98 Å². The SMILES string of the molecule is CC1=C(c2cc(C(F)(F)F)cc(C(F)(F)F)c2)OCN1Cc1cc(C(F)(F)F)cnc1NC1CCOC1. The van der Waals surface area contributed by atoms with Gasteiger partial charge in [0.05, 0.1) is 35.0 Å². The number of alkyl halides is 9. The minimum absolute atomic E-state index is 0.00506. The van der Waals surface area contributed by atoms with E-state index in [0.29, 0.717) is 38.0 Å². The Hall–Kier alpha value is -3.16. The summed E-state index contributed by atoms with van der Waals surface area (Å²) >= 11 is 0. The predicted octanol–water partition coefficient (Wildman–Crippen LogP) is 6.52. The maximum Gasteiger partial charge on any atom is 0.417 e. The molecule has 0 aliphatic carbocycles. The smallest absolute Gasteiger partial charge is 0.417 e. The van der Waals surface area contributed by atoms with Crippen LogP contribution in [-0.4, -0.2) is 35.9 Å². The second-order valence-corrected chi connectivity index (χ2v) is 8.61. The van der Waals surface area contributed by atoms with Crippen LogP contribution in [-0.2, 0) is 34.5 Å². The largest absolute Gasteiger partial charge is 0.471 e. The number of allylic oxidation sites excluding steroid dienone is 1. The predicted molar refractivity (Wildman–Crippen MR) is 113 cm³/mol. The highest BCUT2D eigenvalue weighted by atomic mass is 19.4. The Labute approximate surface area is 204 Å². The Morgan fingerprint density at radius 3 is 2.08 bits per heavy atom. The van der Waals surface area contributed by atoms with Crippen molar-refractivity contribution < 1.29 is 49.0 Å². The average Bonchev–Trinajstić information content (AvgIpc) is 3.42. The highest BCUT2D eigenvalue weighted by Crippen LogP contribution is 2.40. The second kappa shape index (κ2) is 9.62. The normalized spacial score (nSPS) is 19.0. The molecule has 4 rings (SSSR count). The summed E-state index contributed by atoms with van der Waals surface area (Å²) < 4.78 is 130. The first kappa shape index (κ1) is 26.9. The van der Waals surface area contributed by atoms with E-state index in [0.717, 1.165) is 6.07 Å². The van der Waals surface area contributed by atoms with Crippen LogP contribution in [0.15, 0.2) is 36.2 Å². The van der Waals surface area contributed by atoms with E-state index in [4.69, 9.17) is 9.47 Å². The summed E-state index contributed by atoms with van der Waals surface area (Å²) in [6.45, 7) is 1.69. The molecule has 14 heteroatoms. The number of hydrogen-bond acceptors (Lipinski definition) is 5. The molecule has 37 heavy (non-hydrogen) atoms. The first-order chi connectivity index (χ1) is 17.1. The number of ether oxygens (including phenoxy) is 2. The Balaban J connectivity index is 1.69. The lowest BCUT2D eigenvalue weighted by atomic mass is 10.0. The molecule has 5 nitrogen and oxygen atoms in total. The minimum Gasteiger partial charge on any atom is -0.471 e. The molecule has 3 heterocycles. The highest BCUT2D eigenvalue weighted by Gasteiger charge is 2.38. The lowest BCUT2D eigenvalue weighted by Crippen LogP contribution is -2.24. The van der Waals surface area contributed by atoms with Gasteiger partial charge in [0.25, 0.3) is 0 Å². The monoisotopic (exact) mass is 541 g/mol. The first-order valence-electron chi connectivity index (χ1n) is 10.9. The number of benzene rings is 1. The topological polar surface area (TPSA) is 46.6 Å². The van der Waals surface area contributed by atoms with Crippen LogP contribution >= 0.6 is 0 Å². The van der Waals surface area contributed by atoms with Gasteiger partial charge in [-0.05, 0) is 37.6 Å². The van der Waals surface area contributed by atoms with Gasteiger partial charge in [0.2, 0.25) is 0 Å². The quantitative estimate of drug-likeness (QED) is 0.437. The third-order valence-electron chi connectivity index (χ3n) is 5.94. The third kappa shape index (κ3) is 6.05. The van der Waals surface area contributed by atoms with Crippen molar-refractivity contribution in [2.45, 2.75) is 44.5 Å². The molecule has 0 spiro atoms. The molecule has 2 aromatic rings. The summed E-state index contributed by atoms with van der Waals surface area (Å²) in [5, 5.41) is 3.03. The van der Waals surface area contributed by atoms with Gasteiger partial charge in [0, 0.05) is 30.5 Å². The van der Waals surface area contributed by atoms with E-state index in [-0.39, 0.29) is 48.2 Å². The maximum atomic E-state index is 13.3. The molecule has 1 saturated heterocycles. The van der Waals surface area contributed by atoms with Gasteiger partial charge in [0.1, 0.15) is 11.6 Å². The van der Waals surface area contributed by atoms with Crippen LogP contribution in [0.3, 0.4) is 0 Å². The summed E-state index contributed by atoms with van der Waals surface area (Å²) in [4.78, 5) is 5.31. The highest BCUT2D eigenvalue weighted by molar-refractivity contribution is 5.65. The van der Waals surface area contributed by atoms with Crippen molar-refractivity contribution in [3.63, 3.8) is 0 Å². The molecule has 0 radical (unpaired) electrons. The number of aromatic nitrogens is 1. The molecule has 2 aliphatic heterocycles. The molecule has 202 valence electrons. The van der Waals surface area contributed by atoms with Crippen molar-refractivity contribution in [1.82, 2.24) is 9.88 Å². The number of nitrogens with one attached hydrogen (secondary N) is 1. The fraction of sp³-hybridized carbons (Fsp3) is 0.435. The van der Waals surface area contributed by atoms with Gasteiger partial charge < -0.3 is 19.7 Å². The summed E-state index contributed by atoms with van der Waals surface area (Å²) in [7, 11) is 0. The van der Waals surface area contributed by atoms with Crippen molar-refractivity contribution in [2.24, 2.45) is 0 Å². The number of nitrogens with zero attached hydrogens (tertiary/aromatic N) is 2. The standard InChI is InChI=1S/C23H20F9N3O2/c1-12-19(13-4-15(21(24,25)26)7-16(5-13)22(27,28)29)37-11-35(12)9-14-6-17(23(30,31)32)8-33-20(14)34-18-2-3-36-10-18/h4-8,18H,2-3,9-11H2,1H3,(H,33,34). The van der Waals surface area contributed by atoms with E-state index in [2.05, 4.69) is 10.3 Å². The molecule has 0 amide bonds. The molecule has 1 atom stereocenters. The first-order valence-corrected chi connectivity index (χ1v) is 10.9. The van der Waals surface area contributed by atoms with Crippen LogP contribution in [0, 0.1) is 0 Å². The second-order valence-electron chi connectivity index (χ2n) is 8.61. The summed E-state index contributed by atoms with van der Waals surface area (Å²) in [6.07, 6.45) is -13.5. The molecular weight excluding hydrogens is 521 g/mol. The van der Waals surface area contributed by atoms with Crippen molar-refractivity contribution in [3.05, 3.63) is 64.0 Å². The number of halogens is 9. The van der Waals surface area contributed by atoms with E-state index in [1.54, 1.807) is 0 Å². The maximum absolute atomic E-state index is 13.3. The lowest BCUT2D eigenvalue weighted by molar-refractivity contribution is -0.143. The van der Waals surface area contributed by atoms with E-state index in [1.807, 2.05) is 0 Å². The number of hydrogen-bond donors (Lipinski definition) is 1. The molecule has 1 N–H and O–H groups in total. The Bertz CT molecular complexity index is 1150. The minimum atomic E-state index is -5.04. The van der Waals surface area contributed by atoms with E-state index in [1.165, 1.54) is 11.8 Å². The van der Waals surface area contributed by atoms with E-state index in [9.17, 15) is 39.5 Å². The van der Waals surface area contributed by atoms with Gasteiger partial charge in [-0.3, -0.25) is 0 Å². The van der Waals surface area contributed by atoms with Crippen molar-refractivity contribution in [1.29, 1.82) is 0 Å². The number of rotatable bonds is 5. The Morgan fingerprint density at radius 1 is 0.919 bits per heavy atom. The zero-order valence-electron chi connectivity index (χ0n) is 19.1. The van der Waals surface area contributed by atoms with Crippen LogP contribution in [0.4, 0.5) is 45.3 Å². The average molecular weight is 541 g/mol. The molecular formula is C23H20F9N3O2. The fourth-order valence-corrected chi connectivity index (χ4v) is 3.99. The van der Waals surface area contributed by atoms with Gasteiger partial charge in [0.15, 0.2) is 6.73 Å². The zero-order chi connectivity index (χ0) is 27.2. The van der Waals surface area contributed by atoms with E-state index < -0.39 is 40.8 Å². The van der Waals surface area contributed by atoms with Crippen LogP contribution < -0.4 is 5.32 Å². The molecule has 2 aliphatic rings. The van der Waals surface area contributed by atoms with Gasteiger partial charge in [-0.2, -0.15) is 39.5 Å². The number of pyridine rings is 1. The molecule has 1 aromatic heterocycles. The third-order valence-corrected chi connectivity index (χ3v) is 5.94. The molecule has 1 aromatic carbocycles. The molecule has 1 unspecified atom stereocenters. The van der Waals surface area contributed by atoms with Gasteiger partial charge in [-0.1, -0.05) is 0 Å². The van der Waals surface area contributed by atoms with Crippen LogP contribution in [0.2, 0.25) is 0 Å². The molecule has 0 bridgehead atoms.